The molecule has 12 heteroatoms. The molecule has 3 saturated heterocycles. The van der Waals surface area contributed by atoms with Crippen LogP contribution in [0.3, 0.4) is 0 Å². The molecular weight excluding hydrogens is 651 g/mol. The van der Waals surface area contributed by atoms with Crippen LogP contribution in [0.25, 0.3) is 0 Å². The highest BCUT2D eigenvalue weighted by molar-refractivity contribution is 6.42. The number of urea groups is 1. The van der Waals surface area contributed by atoms with Gasteiger partial charge in [0, 0.05) is 89.1 Å². The summed E-state index contributed by atoms with van der Waals surface area (Å²) in [6, 6.07) is 14.4. The second-order valence-electron chi connectivity index (χ2n) is 13.9. The summed E-state index contributed by atoms with van der Waals surface area (Å²) in [5, 5.41) is 3.89. The fourth-order valence-electron chi connectivity index (χ4n) is 7.92. The molecule has 1 aliphatic carbocycles. The fraction of sp³-hybridized carbons (Fsp3) is 0.583. The Morgan fingerprint density at radius 3 is 2.04 bits per heavy atom. The normalized spacial score (nSPS) is 22.5. The van der Waals surface area contributed by atoms with E-state index in [0.29, 0.717) is 61.7 Å². The largest absolute Gasteiger partial charge is 0.436 e. The SMILES string of the molecule is O=C(OC(Cc1ccc(Cl)c(Cl)c1)C(=O)N1CCC(N2CCN(C3CC3)CC2)CC1)N1CCC(N2CCc3ccccc3NC2=O)CC1. The average Bonchev–Trinajstić information content (AvgIpc) is 3.97. The molecule has 0 aromatic heterocycles. The summed E-state index contributed by atoms with van der Waals surface area (Å²) in [5.74, 6) is -0.165. The molecule has 4 fully saturated rings. The topological polar surface area (TPSA) is 88.7 Å². The third-order valence-corrected chi connectivity index (χ3v) is 11.7. The number of benzene rings is 2. The number of halogens is 2. The Kier molecular flexibility index (Phi) is 10.3. The molecule has 1 N–H and O–H groups in total. The van der Waals surface area contributed by atoms with Crippen LogP contribution >= 0.6 is 23.2 Å². The number of likely N-dealkylation sites (tertiary alicyclic amines) is 2. The molecule has 0 spiro atoms. The molecule has 10 nitrogen and oxygen atoms in total. The molecule has 0 radical (unpaired) electrons. The summed E-state index contributed by atoms with van der Waals surface area (Å²) in [4.78, 5) is 51.3. The Labute approximate surface area is 293 Å². The number of rotatable bonds is 7. The first-order valence-electron chi connectivity index (χ1n) is 17.6. The van der Waals surface area contributed by atoms with Gasteiger partial charge >= 0.3 is 12.1 Å². The lowest BCUT2D eigenvalue weighted by atomic mass is 10.0. The zero-order valence-corrected chi connectivity index (χ0v) is 29.0. The Morgan fingerprint density at radius 1 is 0.750 bits per heavy atom. The number of ether oxygens (including phenoxy) is 1. The lowest BCUT2D eigenvalue weighted by Crippen LogP contribution is -2.55. The van der Waals surface area contributed by atoms with Crippen LogP contribution in [0.1, 0.15) is 49.7 Å². The predicted molar refractivity (Wildman–Crippen MR) is 187 cm³/mol. The zero-order valence-electron chi connectivity index (χ0n) is 27.5. The van der Waals surface area contributed by atoms with Crippen LogP contribution in [0.15, 0.2) is 42.5 Å². The van der Waals surface area contributed by atoms with E-state index in [9.17, 15) is 14.4 Å². The van der Waals surface area contributed by atoms with Crippen LogP contribution in [-0.4, -0.2) is 126 Å². The lowest BCUT2D eigenvalue weighted by molar-refractivity contribution is -0.142. The second kappa shape index (κ2) is 14.8. The molecule has 7 rings (SSSR count). The highest BCUT2D eigenvalue weighted by Crippen LogP contribution is 2.30. The van der Waals surface area contributed by atoms with Crippen molar-refractivity contribution < 1.29 is 19.1 Å². The summed E-state index contributed by atoms with van der Waals surface area (Å²) < 4.78 is 6.04. The number of hydrogen-bond donors (Lipinski definition) is 1. The predicted octanol–water partition coefficient (Wildman–Crippen LogP) is 5.37. The van der Waals surface area contributed by atoms with E-state index in [-0.39, 0.29) is 24.4 Å². The van der Waals surface area contributed by atoms with Crippen molar-refractivity contribution in [3.8, 4) is 0 Å². The number of anilines is 1. The van der Waals surface area contributed by atoms with Gasteiger partial charge in [-0.15, -0.1) is 0 Å². The maximum Gasteiger partial charge on any atom is 0.410 e. The zero-order chi connectivity index (χ0) is 33.2. The van der Waals surface area contributed by atoms with E-state index in [1.807, 2.05) is 40.1 Å². The molecule has 0 bridgehead atoms. The number of fused-ring (bicyclic) bond motifs is 1. The van der Waals surface area contributed by atoms with Crippen LogP contribution < -0.4 is 5.32 Å². The maximum atomic E-state index is 14.0. The highest BCUT2D eigenvalue weighted by atomic mass is 35.5. The van der Waals surface area contributed by atoms with Gasteiger partial charge in [-0.1, -0.05) is 47.5 Å². The number of nitrogens with one attached hydrogen (secondary N) is 1. The molecule has 4 amide bonds. The van der Waals surface area contributed by atoms with Crippen molar-refractivity contribution >= 4 is 46.9 Å². The Balaban J connectivity index is 0.951. The van der Waals surface area contributed by atoms with Crippen LogP contribution in [0, 0.1) is 0 Å². The number of carbonyl (C=O) groups is 3. The first-order valence-corrected chi connectivity index (χ1v) is 18.4. The summed E-state index contributed by atoms with van der Waals surface area (Å²) in [6.45, 7) is 7.30. The van der Waals surface area contributed by atoms with Gasteiger partial charge in [0.1, 0.15) is 0 Å². The second-order valence-corrected chi connectivity index (χ2v) is 14.7. The molecule has 48 heavy (non-hydrogen) atoms. The lowest BCUT2D eigenvalue weighted by Gasteiger charge is -2.43. The van der Waals surface area contributed by atoms with Crippen LogP contribution in [0.2, 0.25) is 10.0 Å². The molecule has 4 heterocycles. The average molecular weight is 698 g/mol. The van der Waals surface area contributed by atoms with E-state index in [1.165, 1.54) is 12.8 Å². The molecule has 4 aliphatic heterocycles. The molecule has 5 aliphatic rings. The monoisotopic (exact) mass is 696 g/mol. The number of piperazine rings is 1. The third-order valence-electron chi connectivity index (χ3n) is 10.9. The summed E-state index contributed by atoms with van der Waals surface area (Å²) in [5.41, 5.74) is 2.77. The highest BCUT2D eigenvalue weighted by Gasteiger charge is 2.37. The number of carbonyl (C=O) groups excluding carboxylic acids is 3. The van der Waals surface area contributed by atoms with Crippen molar-refractivity contribution in [2.75, 3.05) is 64.2 Å². The van der Waals surface area contributed by atoms with Gasteiger partial charge in [-0.3, -0.25) is 14.6 Å². The van der Waals surface area contributed by atoms with Gasteiger partial charge in [0.2, 0.25) is 0 Å². The van der Waals surface area contributed by atoms with E-state index in [4.69, 9.17) is 27.9 Å². The Hall–Kier alpha value is -3.05. The number of para-hydroxylation sites is 1. The van der Waals surface area contributed by atoms with Crippen molar-refractivity contribution in [2.45, 2.75) is 75.6 Å². The quantitative estimate of drug-likeness (QED) is 0.419. The molecule has 2 aromatic rings. The Morgan fingerprint density at radius 2 is 1.38 bits per heavy atom. The van der Waals surface area contributed by atoms with Gasteiger partial charge in [-0.2, -0.15) is 0 Å². The molecule has 1 saturated carbocycles. The van der Waals surface area contributed by atoms with Gasteiger partial charge in [0.25, 0.3) is 5.91 Å². The first-order chi connectivity index (χ1) is 23.3. The minimum atomic E-state index is -0.971. The summed E-state index contributed by atoms with van der Waals surface area (Å²) >= 11 is 12.5. The fourth-order valence-corrected chi connectivity index (χ4v) is 8.24. The van der Waals surface area contributed by atoms with E-state index in [0.717, 1.165) is 68.3 Å². The van der Waals surface area contributed by atoms with Gasteiger partial charge in [-0.25, -0.2) is 9.59 Å². The molecule has 1 unspecified atom stereocenters. The molecule has 2 aromatic carbocycles. The maximum absolute atomic E-state index is 14.0. The number of amides is 4. The summed E-state index contributed by atoms with van der Waals surface area (Å²) in [6.07, 6.45) is 5.36. The van der Waals surface area contributed by atoms with Gasteiger partial charge < -0.3 is 24.8 Å². The third kappa shape index (κ3) is 7.72. The molecule has 1 atom stereocenters. The summed E-state index contributed by atoms with van der Waals surface area (Å²) in [7, 11) is 0. The van der Waals surface area contributed by atoms with E-state index < -0.39 is 12.2 Å². The van der Waals surface area contributed by atoms with Crippen molar-refractivity contribution in [3.05, 3.63) is 63.6 Å². The van der Waals surface area contributed by atoms with Gasteiger partial charge in [-0.05, 0) is 74.3 Å². The first kappa shape index (κ1) is 33.4. The smallest absolute Gasteiger partial charge is 0.410 e. The van der Waals surface area contributed by atoms with Crippen molar-refractivity contribution in [1.29, 1.82) is 0 Å². The van der Waals surface area contributed by atoms with E-state index >= 15 is 0 Å². The van der Waals surface area contributed by atoms with Gasteiger partial charge in [0.15, 0.2) is 6.10 Å². The minimum absolute atomic E-state index is 0.0231. The van der Waals surface area contributed by atoms with Crippen molar-refractivity contribution in [1.82, 2.24) is 24.5 Å². The molecular formula is C36H46Cl2N6O4. The van der Waals surface area contributed by atoms with Crippen molar-refractivity contribution in [3.63, 3.8) is 0 Å². The molecule has 258 valence electrons. The minimum Gasteiger partial charge on any atom is -0.436 e. The number of piperidine rings is 2. The van der Waals surface area contributed by atoms with Crippen LogP contribution in [-0.2, 0) is 22.4 Å². The Bertz CT molecular complexity index is 1480. The number of hydrogen-bond acceptors (Lipinski definition) is 6. The van der Waals surface area contributed by atoms with E-state index in [1.54, 1.807) is 17.0 Å². The standard InChI is InChI=1S/C36H46Cl2N6O4/c37-30-8-5-25(23-31(30)38)24-33(34(45)42-14-10-28(11-15-42)41-21-19-40(20-22-41)27-6-7-27)48-36(47)43-16-12-29(13-17-43)44-18-9-26-3-1-2-4-32(26)39-35(44)46/h1-5,8,23,27-29,33H,6-7,9-22,24H2,(H,39,46). The number of nitrogens with zero attached hydrogens (tertiary/aromatic N) is 5. The van der Waals surface area contributed by atoms with Crippen LogP contribution in [0.4, 0.5) is 15.3 Å². The van der Waals surface area contributed by atoms with E-state index in [2.05, 4.69) is 15.1 Å². The van der Waals surface area contributed by atoms with Crippen LogP contribution in [0.5, 0.6) is 0 Å². The van der Waals surface area contributed by atoms with Gasteiger partial charge in [0.05, 0.1) is 10.0 Å². The van der Waals surface area contributed by atoms with Crippen molar-refractivity contribution in [2.24, 2.45) is 0 Å².